The molecule has 6 heteroatoms. The lowest BCUT2D eigenvalue weighted by molar-refractivity contribution is -0.136. The summed E-state index contributed by atoms with van der Waals surface area (Å²) in [5.74, 6) is 0.176. The molecule has 1 aliphatic heterocycles. The van der Waals surface area contributed by atoms with Crippen molar-refractivity contribution in [1.29, 1.82) is 0 Å². The molecular formula is C13H23N3O3. The van der Waals surface area contributed by atoms with Gasteiger partial charge in [-0.3, -0.25) is 4.79 Å². The Labute approximate surface area is 113 Å². The third-order valence-corrected chi connectivity index (χ3v) is 4.44. The topological polar surface area (TPSA) is 75.9 Å². The molecule has 0 unspecified atom stereocenters. The molecule has 0 atom stereocenters. The lowest BCUT2D eigenvalue weighted by Gasteiger charge is -2.42. The van der Waals surface area contributed by atoms with Crippen molar-refractivity contribution in [2.75, 3.05) is 39.8 Å². The van der Waals surface area contributed by atoms with E-state index in [1.165, 1.54) is 13.5 Å². The summed E-state index contributed by atoms with van der Waals surface area (Å²) in [7, 11) is 1.38. The number of nitrogens with two attached hydrogens (primary N) is 1. The van der Waals surface area contributed by atoms with Crippen LogP contribution in [0.3, 0.4) is 0 Å². The monoisotopic (exact) mass is 269 g/mol. The van der Waals surface area contributed by atoms with Gasteiger partial charge in [-0.15, -0.1) is 0 Å². The molecule has 1 heterocycles. The van der Waals surface area contributed by atoms with Gasteiger partial charge in [0.25, 0.3) is 0 Å². The fraction of sp³-hybridized carbons (Fsp3) is 0.846. The number of hydrogen-bond acceptors (Lipinski definition) is 4. The lowest BCUT2D eigenvalue weighted by atomic mass is 9.66. The van der Waals surface area contributed by atoms with E-state index in [2.05, 4.69) is 4.74 Å². The predicted molar refractivity (Wildman–Crippen MR) is 70.5 cm³/mol. The van der Waals surface area contributed by atoms with Crippen molar-refractivity contribution in [3.8, 4) is 0 Å². The molecule has 0 radical (unpaired) electrons. The summed E-state index contributed by atoms with van der Waals surface area (Å²) in [5.41, 5.74) is 5.84. The molecule has 2 N–H and O–H groups in total. The first-order valence-corrected chi connectivity index (χ1v) is 6.91. The van der Waals surface area contributed by atoms with E-state index >= 15 is 0 Å². The van der Waals surface area contributed by atoms with Gasteiger partial charge < -0.3 is 20.3 Å². The number of hydrogen-bond donors (Lipinski definition) is 1. The Morgan fingerprint density at radius 3 is 2.16 bits per heavy atom. The summed E-state index contributed by atoms with van der Waals surface area (Å²) in [4.78, 5) is 27.1. The zero-order valence-corrected chi connectivity index (χ0v) is 11.6. The van der Waals surface area contributed by atoms with Gasteiger partial charge in [0, 0.05) is 32.6 Å². The summed E-state index contributed by atoms with van der Waals surface area (Å²) in [6.07, 6.45) is 3.56. The van der Waals surface area contributed by atoms with Crippen molar-refractivity contribution in [1.82, 2.24) is 9.80 Å². The summed E-state index contributed by atoms with van der Waals surface area (Å²) in [5, 5.41) is 0. The van der Waals surface area contributed by atoms with Crippen LogP contribution >= 0.6 is 0 Å². The van der Waals surface area contributed by atoms with E-state index in [1.54, 1.807) is 4.90 Å². The SMILES string of the molecule is COC(=O)N1CCN(C(=O)CC2(CN)CCC2)CC1. The number of ether oxygens (including phenoxy) is 1. The van der Waals surface area contributed by atoms with Gasteiger partial charge in [0.1, 0.15) is 0 Å². The maximum absolute atomic E-state index is 12.2. The molecule has 0 aromatic carbocycles. The largest absolute Gasteiger partial charge is 0.453 e. The molecule has 0 aromatic rings. The third kappa shape index (κ3) is 3.00. The standard InChI is InChI=1S/C13H23N3O3/c1-19-12(18)16-7-5-15(6-8-16)11(17)9-13(10-14)3-2-4-13/h2-10,14H2,1H3. The average molecular weight is 269 g/mol. The van der Waals surface area contributed by atoms with Gasteiger partial charge in [0.05, 0.1) is 7.11 Å². The molecule has 1 aliphatic carbocycles. The molecule has 2 fully saturated rings. The van der Waals surface area contributed by atoms with Gasteiger partial charge in [0.15, 0.2) is 0 Å². The van der Waals surface area contributed by atoms with Crippen LogP contribution < -0.4 is 5.73 Å². The van der Waals surface area contributed by atoms with Gasteiger partial charge in [-0.1, -0.05) is 6.42 Å². The molecule has 2 rings (SSSR count). The molecular weight excluding hydrogens is 246 g/mol. The van der Waals surface area contributed by atoms with Crippen molar-refractivity contribution in [2.45, 2.75) is 25.7 Å². The fourth-order valence-electron chi connectivity index (χ4n) is 2.83. The highest BCUT2D eigenvalue weighted by Gasteiger charge is 2.39. The van der Waals surface area contributed by atoms with Crippen LogP contribution in [-0.4, -0.2) is 61.6 Å². The Bertz CT molecular complexity index is 342. The average Bonchev–Trinajstić information content (AvgIpc) is 2.42. The number of piperazine rings is 1. The van der Waals surface area contributed by atoms with Crippen LogP contribution in [0.1, 0.15) is 25.7 Å². The quantitative estimate of drug-likeness (QED) is 0.805. The van der Waals surface area contributed by atoms with E-state index in [-0.39, 0.29) is 17.4 Å². The summed E-state index contributed by atoms with van der Waals surface area (Å²) < 4.78 is 4.68. The van der Waals surface area contributed by atoms with Crippen LogP contribution in [0.2, 0.25) is 0 Å². The van der Waals surface area contributed by atoms with Crippen LogP contribution in [0.4, 0.5) is 4.79 Å². The molecule has 6 nitrogen and oxygen atoms in total. The molecule has 2 aliphatic rings. The van der Waals surface area contributed by atoms with Crippen LogP contribution in [-0.2, 0) is 9.53 Å². The van der Waals surface area contributed by atoms with Crippen molar-refractivity contribution < 1.29 is 14.3 Å². The minimum absolute atomic E-state index is 0.0521. The van der Waals surface area contributed by atoms with E-state index in [1.807, 2.05) is 4.90 Å². The Kier molecular flexibility index (Phi) is 4.29. The second-order valence-electron chi connectivity index (χ2n) is 5.57. The maximum Gasteiger partial charge on any atom is 0.409 e. The van der Waals surface area contributed by atoms with E-state index in [0.717, 1.165) is 12.8 Å². The Hall–Kier alpha value is -1.30. The van der Waals surface area contributed by atoms with E-state index < -0.39 is 0 Å². The van der Waals surface area contributed by atoms with Crippen molar-refractivity contribution in [2.24, 2.45) is 11.1 Å². The highest BCUT2D eigenvalue weighted by molar-refractivity contribution is 5.77. The number of nitrogens with zero attached hydrogens (tertiary/aromatic N) is 2. The zero-order chi connectivity index (χ0) is 13.9. The molecule has 108 valence electrons. The number of carbonyl (C=O) groups is 2. The first-order valence-electron chi connectivity index (χ1n) is 6.91. The first kappa shape index (κ1) is 14.1. The van der Waals surface area contributed by atoms with Crippen molar-refractivity contribution in [3.05, 3.63) is 0 Å². The van der Waals surface area contributed by atoms with Crippen LogP contribution in [0.5, 0.6) is 0 Å². The van der Waals surface area contributed by atoms with Gasteiger partial charge in [-0.05, 0) is 24.8 Å². The minimum Gasteiger partial charge on any atom is -0.453 e. The molecule has 0 aromatic heterocycles. The van der Waals surface area contributed by atoms with E-state index in [0.29, 0.717) is 39.1 Å². The number of carbonyl (C=O) groups excluding carboxylic acids is 2. The van der Waals surface area contributed by atoms with E-state index in [4.69, 9.17) is 5.73 Å². The summed E-state index contributed by atoms with van der Waals surface area (Å²) in [6.45, 7) is 2.88. The second-order valence-corrected chi connectivity index (χ2v) is 5.57. The number of methoxy groups -OCH3 is 1. The van der Waals surface area contributed by atoms with Gasteiger partial charge >= 0.3 is 6.09 Å². The molecule has 0 spiro atoms. The number of rotatable bonds is 3. The highest BCUT2D eigenvalue weighted by atomic mass is 16.5. The Morgan fingerprint density at radius 1 is 1.16 bits per heavy atom. The van der Waals surface area contributed by atoms with Crippen LogP contribution in [0.15, 0.2) is 0 Å². The Balaban J connectivity index is 1.81. The molecule has 0 bridgehead atoms. The van der Waals surface area contributed by atoms with Crippen LogP contribution in [0, 0.1) is 5.41 Å². The Morgan fingerprint density at radius 2 is 1.74 bits per heavy atom. The van der Waals surface area contributed by atoms with E-state index in [9.17, 15) is 9.59 Å². The first-order chi connectivity index (χ1) is 9.10. The molecule has 1 saturated heterocycles. The molecule has 1 saturated carbocycles. The van der Waals surface area contributed by atoms with Gasteiger partial charge in [0.2, 0.25) is 5.91 Å². The maximum atomic E-state index is 12.2. The molecule has 2 amide bonds. The smallest absolute Gasteiger partial charge is 0.409 e. The van der Waals surface area contributed by atoms with Gasteiger partial charge in [-0.25, -0.2) is 4.79 Å². The normalized spacial score (nSPS) is 21.8. The van der Waals surface area contributed by atoms with Gasteiger partial charge in [-0.2, -0.15) is 0 Å². The second kappa shape index (κ2) is 5.77. The van der Waals surface area contributed by atoms with Crippen molar-refractivity contribution in [3.63, 3.8) is 0 Å². The van der Waals surface area contributed by atoms with Crippen LogP contribution in [0.25, 0.3) is 0 Å². The number of amides is 2. The molecule has 19 heavy (non-hydrogen) atoms. The predicted octanol–water partition coefficient (Wildman–Crippen LogP) is 0.416. The summed E-state index contributed by atoms with van der Waals surface area (Å²) in [6, 6.07) is 0. The fourth-order valence-corrected chi connectivity index (χ4v) is 2.83. The zero-order valence-electron chi connectivity index (χ0n) is 11.6. The third-order valence-electron chi connectivity index (χ3n) is 4.44. The highest BCUT2D eigenvalue weighted by Crippen LogP contribution is 2.43. The lowest BCUT2D eigenvalue weighted by Crippen LogP contribution is -2.52. The van der Waals surface area contributed by atoms with Crippen molar-refractivity contribution >= 4 is 12.0 Å². The minimum atomic E-state index is -0.315. The summed E-state index contributed by atoms with van der Waals surface area (Å²) >= 11 is 0.